The maximum atomic E-state index is 5.58. The summed E-state index contributed by atoms with van der Waals surface area (Å²) in [6.07, 6.45) is 6.55. The molecule has 1 N–H and O–H groups in total. The number of hydrogen-bond donors (Lipinski definition) is 1. The van der Waals surface area contributed by atoms with Gasteiger partial charge in [0.1, 0.15) is 12.4 Å². The summed E-state index contributed by atoms with van der Waals surface area (Å²) in [4.78, 5) is 8.64. The number of ether oxygens (including phenoxy) is 2. The van der Waals surface area contributed by atoms with Crippen LogP contribution in [-0.2, 0) is 4.74 Å². The molecule has 0 saturated heterocycles. The molecule has 2 aromatic heterocycles. The molecular weight excluding hydrogens is 232 g/mol. The molecule has 18 heavy (non-hydrogen) atoms. The SMILES string of the molecule is CCCNc1cn2ccnc2c(OCCOC)n1. The highest BCUT2D eigenvalue weighted by molar-refractivity contribution is 5.53. The molecule has 0 aliphatic heterocycles. The Labute approximate surface area is 106 Å². The maximum Gasteiger partial charge on any atom is 0.260 e. The van der Waals surface area contributed by atoms with Crippen molar-refractivity contribution in [1.82, 2.24) is 14.4 Å². The van der Waals surface area contributed by atoms with Crippen molar-refractivity contribution in [3.8, 4) is 5.88 Å². The van der Waals surface area contributed by atoms with Crippen molar-refractivity contribution in [1.29, 1.82) is 0 Å². The molecule has 6 heteroatoms. The summed E-state index contributed by atoms with van der Waals surface area (Å²) in [6.45, 7) is 3.98. The normalized spacial score (nSPS) is 10.8. The second kappa shape index (κ2) is 6.20. The van der Waals surface area contributed by atoms with Crippen molar-refractivity contribution in [2.45, 2.75) is 13.3 Å². The van der Waals surface area contributed by atoms with Crippen molar-refractivity contribution in [2.75, 3.05) is 32.2 Å². The quantitative estimate of drug-likeness (QED) is 0.756. The smallest absolute Gasteiger partial charge is 0.260 e. The average molecular weight is 250 g/mol. The molecule has 0 saturated carbocycles. The third-order valence-corrected chi connectivity index (χ3v) is 2.43. The van der Waals surface area contributed by atoms with Crippen LogP contribution in [0.4, 0.5) is 5.82 Å². The van der Waals surface area contributed by atoms with E-state index in [0.717, 1.165) is 18.8 Å². The van der Waals surface area contributed by atoms with Gasteiger partial charge in [-0.15, -0.1) is 0 Å². The standard InChI is InChI=1S/C12H18N4O2/c1-3-4-13-10-9-16-6-5-14-11(16)12(15-10)18-8-7-17-2/h5-6,9,13H,3-4,7-8H2,1-2H3. The van der Waals surface area contributed by atoms with Crippen LogP contribution < -0.4 is 10.1 Å². The lowest BCUT2D eigenvalue weighted by Crippen LogP contribution is -2.09. The van der Waals surface area contributed by atoms with Crippen LogP contribution in [0.15, 0.2) is 18.6 Å². The molecule has 0 unspecified atom stereocenters. The zero-order valence-electron chi connectivity index (χ0n) is 10.7. The Morgan fingerprint density at radius 2 is 2.28 bits per heavy atom. The topological polar surface area (TPSA) is 60.7 Å². The first-order valence-electron chi connectivity index (χ1n) is 6.04. The van der Waals surface area contributed by atoms with Crippen LogP contribution in [-0.4, -0.2) is 41.2 Å². The molecule has 98 valence electrons. The Hall–Kier alpha value is -1.82. The number of fused-ring (bicyclic) bond motifs is 1. The Balaban J connectivity index is 2.21. The van der Waals surface area contributed by atoms with Crippen LogP contribution >= 0.6 is 0 Å². The van der Waals surface area contributed by atoms with Gasteiger partial charge in [0.25, 0.3) is 5.88 Å². The van der Waals surface area contributed by atoms with Crippen molar-refractivity contribution >= 4 is 11.5 Å². The molecule has 2 aromatic rings. The van der Waals surface area contributed by atoms with E-state index in [4.69, 9.17) is 9.47 Å². The van der Waals surface area contributed by atoms with Crippen molar-refractivity contribution in [3.63, 3.8) is 0 Å². The summed E-state index contributed by atoms with van der Waals surface area (Å²) < 4.78 is 12.4. The van der Waals surface area contributed by atoms with Gasteiger partial charge in [-0.1, -0.05) is 6.92 Å². The van der Waals surface area contributed by atoms with Gasteiger partial charge in [-0.2, -0.15) is 4.98 Å². The van der Waals surface area contributed by atoms with Gasteiger partial charge < -0.3 is 14.8 Å². The van der Waals surface area contributed by atoms with Crippen LogP contribution in [0.1, 0.15) is 13.3 Å². The third-order valence-electron chi connectivity index (χ3n) is 2.43. The lowest BCUT2D eigenvalue weighted by molar-refractivity contribution is 0.144. The summed E-state index contributed by atoms with van der Waals surface area (Å²) in [5, 5.41) is 3.24. The lowest BCUT2D eigenvalue weighted by atomic mass is 10.5. The summed E-state index contributed by atoms with van der Waals surface area (Å²) in [7, 11) is 1.64. The minimum absolute atomic E-state index is 0.462. The monoisotopic (exact) mass is 250 g/mol. The highest BCUT2D eigenvalue weighted by Crippen LogP contribution is 2.18. The van der Waals surface area contributed by atoms with Crippen molar-refractivity contribution < 1.29 is 9.47 Å². The van der Waals surface area contributed by atoms with Crippen LogP contribution in [0, 0.1) is 0 Å². The minimum Gasteiger partial charge on any atom is -0.473 e. The number of anilines is 1. The zero-order valence-corrected chi connectivity index (χ0v) is 10.7. The van der Waals surface area contributed by atoms with Gasteiger partial charge in [0, 0.05) is 26.0 Å². The van der Waals surface area contributed by atoms with Gasteiger partial charge in [-0.25, -0.2) is 4.98 Å². The van der Waals surface area contributed by atoms with Gasteiger partial charge in [-0.3, -0.25) is 4.40 Å². The van der Waals surface area contributed by atoms with Gasteiger partial charge in [0.15, 0.2) is 0 Å². The lowest BCUT2D eigenvalue weighted by Gasteiger charge is -2.09. The Morgan fingerprint density at radius 3 is 3.06 bits per heavy atom. The van der Waals surface area contributed by atoms with E-state index in [1.165, 1.54) is 0 Å². The Bertz CT molecular complexity index is 498. The molecule has 0 bridgehead atoms. The first kappa shape index (κ1) is 12.6. The highest BCUT2D eigenvalue weighted by atomic mass is 16.5. The van der Waals surface area contributed by atoms with E-state index in [1.807, 2.05) is 16.8 Å². The number of nitrogens with one attached hydrogen (secondary N) is 1. The molecule has 0 aromatic carbocycles. The predicted molar refractivity (Wildman–Crippen MR) is 69.1 cm³/mol. The maximum absolute atomic E-state index is 5.58. The predicted octanol–water partition coefficient (Wildman–Crippen LogP) is 1.58. The van der Waals surface area contributed by atoms with Gasteiger partial charge in [-0.05, 0) is 6.42 Å². The number of imidazole rings is 1. The summed E-state index contributed by atoms with van der Waals surface area (Å²) in [5.74, 6) is 1.31. The molecule has 0 aliphatic carbocycles. The van der Waals surface area contributed by atoms with E-state index in [0.29, 0.717) is 24.7 Å². The molecule has 0 atom stereocenters. The highest BCUT2D eigenvalue weighted by Gasteiger charge is 2.08. The Kier molecular flexibility index (Phi) is 4.35. The van der Waals surface area contributed by atoms with E-state index in [2.05, 4.69) is 22.2 Å². The van der Waals surface area contributed by atoms with E-state index in [1.54, 1.807) is 13.3 Å². The number of aromatic nitrogens is 3. The summed E-state index contributed by atoms with van der Waals surface area (Å²) in [6, 6.07) is 0. The first-order chi connectivity index (χ1) is 8.85. The molecule has 0 fully saturated rings. The minimum atomic E-state index is 0.462. The second-order valence-corrected chi connectivity index (χ2v) is 3.86. The van der Waals surface area contributed by atoms with Crippen LogP contribution in [0.3, 0.4) is 0 Å². The zero-order chi connectivity index (χ0) is 12.8. The van der Waals surface area contributed by atoms with E-state index in [9.17, 15) is 0 Å². The van der Waals surface area contributed by atoms with E-state index < -0.39 is 0 Å². The largest absolute Gasteiger partial charge is 0.473 e. The average Bonchev–Trinajstić information content (AvgIpc) is 2.85. The number of hydrogen-bond acceptors (Lipinski definition) is 5. The fourth-order valence-corrected chi connectivity index (χ4v) is 1.56. The van der Waals surface area contributed by atoms with Crippen LogP contribution in [0.2, 0.25) is 0 Å². The van der Waals surface area contributed by atoms with Gasteiger partial charge in [0.2, 0.25) is 5.65 Å². The van der Waals surface area contributed by atoms with Crippen LogP contribution in [0.25, 0.3) is 5.65 Å². The van der Waals surface area contributed by atoms with Crippen molar-refractivity contribution in [3.05, 3.63) is 18.6 Å². The van der Waals surface area contributed by atoms with E-state index in [-0.39, 0.29) is 0 Å². The molecule has 2 heterocycles. The molecular formula is C12H18N4O2. The van der Waals surface area contributed by atoms with Crippen LogP contribution in [0.5, 0.6) is 5.88 Å². The summed E-state index contributed by atoms with van der Waals surface area (Å²) >= 11 is 0. The number of methoxy groups -OCH3 is 1. The molecule has 6 nitrogen and oxygen atoms in total. The molecule has 0 radical (unpaired) electrons. The third kappa shape index (κ3) is 2.89. The molecule has 0 amide bonds. The van der Waals surface area contributed by atoms with E-state index >= 15 is 0 Å². The van der Waals surface area contributed by atoms with Gasteiger partial charge in [0.05, 0.1) is 12.8 Å². The molecule has 0 spiro atoms. The summed E-state index contributed by atoms with van der Waals surface area (Å²) in [5.41, 5.74) is 0.716. The fraction of sp³-hybridized carbons (Fsp3) is 0.500. The number of rotatable bonds is 7. The fourth-order valence-electron chi connectivity index (χ4n) is 1.56. The Morgan fingerprint density at radius 1 is 1.39 bits per heavy atom. The second-order valence-electron chi connectivity index (χ2n) is 3.86. The molecule has 2 rings (SSSR count). The first-order valence-corrected chi connectivity index (χ1v) is 6.04. The number of nitrogens with zero attached hydrogens (tertiary/aromatic N) is 3. The van der Waals surface area contributed by atoms with Crippen molar-refractivity contribution in [2.24, 2.45) is 0 Å². The van der Waals surface area contributed by atoms with Gasteiger partial charge >= 0.3 is 0 Å². The molecule has 0 aliphatic rings.